The second-order valence-electron chi connectivity index (χ2n) is 6.04. The largest absolute Gasteiger partial charge is 0.497 e. The number of aryl methyl sites for hydroxylation is 1. The summed E-state index contributed by atoms with van der Waals surface area (Å²) >= 11 is 1.41. The number of amides is 1. The molecule has 1 heterocycles. The Balaban J connectivity index is 1.47. The highest BCUT2D eigenvalue weighted by Gasteiger charge is 2.09. The number of thiazole rings is 1. The topological polar surface area (TPSA) is 60.5 Å². The molecule has 3 aromatic rings. The fourth-order valence-corrected chi connectivity index (χ4v) is 3.30. The Labute approximate surface area is 163 Å². The van der Waals surface area contributed by atoms with Crippen molar-refractivity contribution in [1.82, 2.24) is 4.98 Å². The van der Waals surface area contributed by atoms with Gasteiger partial charge in [0.25, 0.3) is 0 Å². The summed E-state index contributed by atoms with van der Waals surface area (Å²) in [5.74, 6) is 1.58. The van der Waals surface area contributed by atoms with Crippen molar-refractivity contribution in [3.8, 4) is 22.8 Å². The van der Waals surface area contributed by atoms with Gasteiger partial charge in [-0.15, -0.1) is 11.3 Å². The predicted molar refractivity (Wildman–Crippen MR) is 109 cm³/mol. The summed E-state index contributed by atoms with van der Waals surface area (Å²) in [5.41, 5.74) is 2.87. The van der Waals surface area contributed by atoms with Crippen LogP contribution in [0, 0.1) is 6.92 Å². The first kappa shape index (κ1) is 18.9. The van der Waals surface area contributed by atoms with Crippen molar-refractivity contribution in [2.24, 2.45) is 0 Å². The van der Waals surface area contributed by atoms with Gasteiger partial charge < -0.3 is 14.8 Å². The normalized spacial score (nSPS) is 10.4. The van der Waals surface area contributed by atoms with Crippen LogP contribution < -0.4 is 14.8 Å². The molecule has 140 valence electrons. The summed E-state index contributed by atoms with van der Waals surface area (Å²) in [6, 6.07) is 15.5. The van der Waals surface area contributed by atoms with Crippen LogP contribution in [0.15, 0.2) is 53.9 Å². The smallest absolute Gasteiger partial charge is 0.226 e. The maximum absolute atomic E-state index is 12.1. The highest BCUT2D eigenvalue weighted by molar-refractivity contribution is 7.14. The molecule has 1 amide bonds. The highest BCUT2D eigenvalue weighted by Crippen LogP contribution is 2.27. The Kier molecular flexibility index (Phi) is 6.44. The molecular weight excluding hydrogens is 360 g/mol. The van der Waals surface area contributed by atoms with E-state index < -0.39 is 0 Å². The molecule has 0 radical (unpaired) electrons. The summed E-state index contributed by atoms with van der Waals surface area (Å²) in [4.78, 5) is 16.6. The summed E-state index contributed by atoms with van der Waals surface area (Å²) in [5, 5.41) is 5.37. The molecule has 0 unspecified atom stereocenters. The molecule has 0 spiro atoms. The molecule has 2 aromatic carbocycles. The van der Waals surface area contributed by atoms with Crippen molar-refractivity contribution >= 4 is 22.4 Å². The molecule has 27 heavy (non-hydrogen) atoms. The molecule has 1 N–H and O–H groups in total. The third-order valence-electron chi connectivity index (χ3n) is 4.02. The zero-order valence-corrected chi connectivity index (χ0v) is 16.2. The van der Waals surface area contributed by atoms with E-state index in [4.69, 9.17) is 9.47 Å². The maximum atomic E-state index is 12.1. The summed E-state index contributed by atoms with van der Waals surface area (Å²) in [7, 11) is 1.63. The minimum absolute atomic E-state index is 0.0603. The SMILES string of the molecule is COc1cccc(-c2csc(NC(=O)CCCOc3ccccc3C)n2)c1. The first-order chi connectivity index (χ1) is 13.2. The van der Waals surface area contributed by atoms with Gasteiger partial charge in [0, 0.05) is 17.4 Å². The van der Waals surface area contributed by atoms with E-state index in [2.05, 4.69) is 10.3 Å². The monoisotopic (exact) mass is 382 g/mol. The van der Waals surface area contributed by atoms with E-state index in [1.807, 2.05) is 60.8 Å². The Bertz CT molecular complexity index is 908. The van der Waals surface area contributed by atoms with Gasteiger partial charge in [0.05, 0.1) is 19.4 Å². The molecule has 0 saturated carbocycles. The number of para-hydroxylation sites is 1. The van der Waals surface area contributed by atoms with Crippen molar-refractivity contribution in [3.05, 3.63) is 59.5 Å². The molecule has 0 aliphatic rings. The lowest BCUT2D eigenvalue weighted by molar-refractivity contribution is -0.116. The Hall–Kier alpha value is -2.86. The minimum Gasteiger partial charge on any atom is -0.497 e. The van der Waals surface area contributed by atoms with Crippen LogP contribution in [0.1, 0.15) is 18.4 Å². The van der Waals surface area contributed by atoms with Crippen LogP contribution in [0.25, 0.3) is 11.3 Å². The first-order valence-electron chi connectivity index (χ1n) is 8.74. The van der Waals surface area contributed by atoms with Crippen molar-refractivity contribution in [2.75, 3.05) is 19.0 Å². The quantitative estimate of drug-likeness (QED) is 0.562. The van der Waals surface area contributed by atoms with E-state index in [9.17, 15) is 4.79 Å². The molecule has 3 rings (SSSR count). The lowest BCUT2D eigenvalue weighted by Gasteiger charge is -2.08. The van der Waals surface area contributed by atoms with Gasteiger partial charge in [0.2, 0.25) is 5.91 Å². The fourth-order valence-electron chi connectivity index (χ4n) is 2.56. The molecule has 6 heteroatoms. The Morgan fingerprint density at radius 3 is 2.85 bits per heavy atom. The number of hydrogen-bond acceptors (Lipinski definition) is 5. The summed E-state index contributed by atoms with van der Waals surface area (Å²) < 4.78 is 11.0. The number of rotatable bonds is 8. The number of anilines is 1. The number of carbonyl (C=O) groups excluding carboxylic acids is 1. The number of nitrogens with one attached hydrogen (secondary N) is 1. The lowest BCUT2D eigenvalue weighted by Crippen LogP contribution is -2.12. The van der Waals surface area contributed by atoms with E-state index in [1.54, 1.807) is 7.11 Å². The van der Waals surface area contributed by atoms with Crippen molar-refractivity contribution < 1.29 is 14.3 Å². The average Bonchev–Trinajstić information content (AvgIpc) is 3.15. The molecule has 0 saturated heterocycles. The van der Waals surface area contributed by atoms with Gasteiger partial charge in [0.1, 0.15) is 11.5 Å². The van der Waals surface area contributed by atoms with Crippen LogP contribution in [-0.2, 0) is 4.79 Å². The van der Waals surface area contributed by atoms with E-state index in [0.29, 0.717) is 24.6 Å². The Morgan fingerprint density at radius 2 is 2.04 bits per heavy atom. The van der Waals surface area contributed by atoms with Crippen LogP contribution in [0.4, 0.5) is 5.13 Å². The van der Waals surface area contributed by atoms with Crippen LogP contribution in [0.2, 0.25) is 0 Å². The van der Waals surface area contributed by atoms with Crippen LogP contribution in [-0.4, -0.2) is 24.6 Å². The van der Waals surface area contributed by atoms with Gasteiger partial charge in [-0.1, -0.05) is 30.3 Å². The number of methoxy groups -OCH3 is 1. The summed E-state index contributed by atoms with van der Waals surface area (Å²) in [6.45, 7) is 2.51. The van der Waals surface area contributed by atoms with E-state index in [-0.39, 0.29) is 5.91 Å². The number of aromatic nitrogens is 1. The predicted octanol–water partition coefficient (Wildman–Crippen LogP) is 4.92. The number of ether oxygens (including phenoxy) is 2. The van der Waals surface area contributed by atoms with Crippen molar-refractivity contribution in [3.63, 3.8) is 0 Å². The number of hydrogen-bond donors (Lipinski definition) is 1. The zero-order valence-electron chi connectivity index (χ0n) is 15.4. The summed E-state index contributed by atoms with van der Waals surface area (Å²) in [6.07, 6.45) is 1.04. The number of benzene rings is 2. The first-order valence-corrected chi connectivity index (χ1v) is 9.62. The standard InChI is InChI=1S/C21H22N2O3S/c1-15-7-3-4-10-19(15)26-12-6-11-20(24)23-21-22-18(14-27-21)16-8-5-9-17(13-16)25-2/h3-5,7-10,13-14H,6,11-12H2,1-2H3,(H,22,23,24). The molecule has 0 aliphatic heterocycles. The van der Waals surface area contributed by atoms with Gasteiger partial charge in [-0.2, -0.15) is 0 Å². The highest BCUT2D eigenvalue weighted by atomic mass is 32.1. The molecule has 0 atom stereocenters. The van der Waals surface area contributed by atoms with E-state index in [1.165, 1.54) is 11.3 Å². The van der Waals surface area contributed by atoms with Crippen LogP contribution in [0.3, 0.4) is 0 Å². The minimum atomic E-state index is -0.0603. The molecule has 0 fully saturated rings. The fraction of sp³-hybridized carbons (Fsp3) is 0.238. The van der Waals surface area contributed by atoms with Gasteiger partial charge in [-0.25, -0.2) is 4.98 Å². The van der Waals surface area contributed by atoms with Gasteiger partial charge in [0.15, 0.2) is 5.13 Å². The van der Waals surface area contributed by atoms with Crippen molar-refractivity contribution in [2.45, 2.75) is 19.8 Å². The van der Waals surface area contributed by atoms with E-state index in [0.717, 1.165) is 28.3 Å². The van der Waals surface area contributed by atoms with Gasteiger partial charge in [-0.05, 0) is 37.1 Å². The van der Waals surface area contributed by atoms with Gasteiger partial charge in [-0.3, -0.25) is 4.79 Å². The number of nitrogens with zero attached hydrogens (tertiary/aromatic N) is 1. The molecule has 1 aromatic heterocycles. The van der Waals surface area contributed by atoms with Gasteiger partial charge >= 0.3 is 0 Å². The third kappa shape index (κ3) is 5.31. The van der Waals surface area contributed by atoms with E-state index >= 15 is 0 Å². The van der Waals surface area contributed by atoms with Crippen LogP contribution >= 0.6 is 11.3 Å². The zero-order chi connectivity index (χ0) is 19.1. The molecule has 5 nitrogen and oxygen atoms in total. The second kappa shape index (κ2) is 9.19. The molecule has 0 bridgehead atoms. The third-order valence-corrected chi connectivity index (χ3v) is 4.77. The van der Waals surface area contributed by atoms with Crippen molar-refractivity contribution in [1.29, 1.82) is 0 Å². The van der Waals surface area contributed by atoms with Crippen LogP contribution in [0.5, 0.6) is 11.5 Å². The maximum Gasteiger partial charge on any atom is 0.226 e. The molecule has 0 aliphatic carbocycles. The molecular formula is C21H22N2O3S. The second-order valence-corrected chi connectivity index (χ2v) is 6.89. The average molecular weight is 382 g/mol. The number of carbonyl (C=O) groups is 1. The Morgan fingerprint density at radius 1 is 1.19 bits per heavy atom. The lowest BCUT2D eigenvalue weighted by atomic mass is 10.2.